The van der Waals surface area contributed by atoms with Crippen LogP contribution >= 0.6 is 35.4 Å². The lowest BCUT2D eigenvalue weighted by Crippen LogP contribution is -2.37. The Hall–Kier alpha value is -3.27. The molecule has 1 heterocycles. The topological polar surface area (TPSA) is 76.4 Å². The van der Waals surface area contributed by atoms with Crippen LogP contribution in [0.25, 0.3) is 22.6 Å². The molecule has 0 radical (unpaired) electrons. The Morgan fingerprint density at radius 2 is 1.82 bits per heavy atom. The van der Waals surface area contributed by atoms with Crippen LogP contribution in [0.2, 0.25) is 10.0 Å². The number of ether oxygens (including phenoxy) is 1. The van der Waals surface area contributed by atoms with Crippen LogP contribution in [0.1, 0.15) is 0 Å². The number of nitrogens with one attached hydrogen (secondary N) is 2. The summed E-state index contributed by atoms with van der Waals surface area (Å²) in [5, 5.41) is 5.72. The Kier molecular flexibility index (Phi) is 6.73. The summed E-state index contributed by atoms with van der Waals surface area (Å²) in [5.41, 5.74) is 1.42. The molecule has 1 aromatic heterocycles. The van der Waals surface area contributed by atoms with E-state index in [0.717, 1.165) is 12.1 Å². The highest BCUT2D eigenvalue weighted by Crippen LogP contribution is 2.32. The van der Waals surface area contributed by atoms with Gasteiger partial charge >= 0.3 is 0 Å². The first-order chi connectivity index (χ1) is 15.8. The monoisotopic (exact) mass is 507 g/mol. The first-order valence-corrected chi connectivity index (χ1v) is 10.5. The lowest BCUT2D eigenvalue weighted by Gasteiger charge is -2.11. The second-order valence-electron chi connectivity index (χ2n) is 6.67. The van der Waals surface area contributed by atoms with Gasteiger partial charge in [-0.15, -0.1) is 0 Å². The number of amides is 1. The Bertz CT molecular complexity index is 1380. The van der Waals surface area contributed by atoms with Crippen LogP contribution in [0.5, 0.6) is 5.75 Å². The normalized spacial score (nSPS) is 10.8. The number of nitrogens with zero attached hydrogens (tertiary/aromatic N) is 1. The number of hydrogen-bond donors (Lipinski definition) is 2. The van der Waals surface area contributed by atoms with Crippen LogP contribution in [-0.2, 0) is 4.79 Å². The molecular formula is C22H13Cl2F2N3O3S. The number of rotatable bonds is 5. The molecule has 2 N–H and O–H groups in total. The van der Waals surface area contributed by atoms with Gasteiger partial charge in [-0.25, -0.2) is 13.8 Å². The number of hydrogen-bond acceptors (Lipinski definition) is 5. The van der Waals surface area contributed by atoms with Crippen molar-refractivity contribution in [2.75, 3.05) is 11.9 Å². The van der Waals surface area contributed by atoms with E-state index in [4.69, 9.17) is 44.6 Å². The van der Waals surface area contributed by atoms with Crippen molar-refractivity contribution in [1.82, 2.24) is 10.3 Å². The van der Waals surface area contributed by atoms with Gasteiger partial charge in [0.25, 0.3) is 5.91 Å². The van der Waals surface area contributed by atoms with Gasteiger partial charge in [-0.05, 0) is 54.7 Å². The third-order valence-corrected chi connectivity index (χ3v) is 5.16. The second kappa shape index (κ2) is 9.70. The van der Waals surface area contributed by atoms with E-state index in [9.17, 15) is 13.6 Å². The average Bonchev–Trinajstić information content (AvgIpc) is 3.18. The van der Waals surface area contributed by atoms with Gasteiger partial charge in [0.15, 0.2) is 28.9 Å². The standard InChI is InChI=1S/C22H13Cl2F2N3O3S/c23-13-3-1-2-4-18(13)31-10-20(30)29-22(33)27-11-5-6-19-17(7-11)28-21(32-19)12-8-15(25)16(26)9-14(12)24/h1-9H,10H2,(H2,27,29,30,33). The van der Waals surface area contributed by atoms with Gasteiger partial charge < -0.3 is 14.5 Å². The molecule has 0 saturated heterocycles. The molecule has 0 fully saturated rings. The van der Waals surface area contributed by atoms with E-state index in [2.05, 4.69) is 15.6 Å². The van der Waals surface area contributed by atoms with Crippen molar-refractivity contribution in [1.29, 1.82) is 0 Å². The van der Waals surface area contributed by atoms with E-state index in [0.29, 0.717) is 27.6 Å². The second-order valence-corrected chi connectivity index (χ2v) is 7.89. The first kappa shape index (κ1) is 22.9. The molecule has 0 aliphatic heterocycles. The number of anilines is 1. The molecule has 0 aliphatic carbocycles. The minimum absolute atomic E-state index is 0.0265. The predicted octanol–water partition coefficient (Wildman–Crippen LogP) is 5.97. The van der Waals surface area contributed by atoms with E-state index < -0.39 is 17.5 Å². The minimum Gasteiger partial charge on any atom is -0.482 e. The summed E-state index contributed by atoms with van der Waals surface area (Å²) in [6, 6.07) is 13.4. The first-order valence-electron chi connectivity index (χ1n) is 9.34. The summed E-state index contributed by atoms with van der Waals surface area (Å²) in [5.74, 6) is -2.22. The lowest BCUT2D eigenvalue weighted by molar-refractivity contribution is -0.121. The molecule has 33 heavy (non-hydrogen) atoms. The molecule has 11 heteroatoms. The van der Waals surface area contributed by atoms with Crippen molar-refractivity contribution in [2.45, 2.75) is 0 Å². The Labute approximate surface area is 201 Å². The van der Waals surface area contributed by atoms with E-state index in [1.807, 2.05) is 0 Å². The number of carbonyl (C=O) groups excluding carboxylic acids is 1. The third-order valence-electron chi connectivity index (χ3n) is 4.33. The van der Waals surface area contributed by atoms with Gasteiger partial charge in [-0.2, -0.15) is 0 Å². The molecule has 0 bridgehead atoms. The third kappa shape index (κ3) is 5.39. The fourth-order valence-electron chi connectivity index (χ4n) is 2.84. The summed E-state index contributed by atoms with van der Waals surface area (Å²) < 4.78 is 37.9. The SMILES string of the molecule is O=C(COc1ccccc1Cl)NC(=S)Nc1ccc2oc(-c3cc(F)c(F)cc3Cl)nc2c1. The van der Waals surface area contributed by atoms with Crippen LogP contribution < -0.4 is 15.4 Å². The van der Waals surface area contributed by atoms with Crippen LogP contribution in [0.4, 0.5) is 14.5 Å². The van der Waals surface area contributed by atoms with Crippen molar-refractivity contribution in [3.8, 4) is 17.2 Å². The molecule has 0 aliphatic rings. The number of carbonyl (C=O) groups is 1. The van der Waals surface area contributed by atoms with Crippen LogP contribution in [-0.4, -0.2) is 22.6 Å². The van der Waals surface area contributed by atoms with Crippen molar-refractivity contribution in [3.05, 3.63) is 76.3 Å². The van der Waals surface area contributed by atoms with Gasteiger partial charge in [0.05, 0.1) is 15.6 Å². The van der Waals surface area contributed by atoms with E-state index >= 15 is 0 Å². The molecule has 0 saturated carbocycles. The average molecular weight is 508 g/mol. The smallest absolute Gasteiger partial charge is 0.264 e. The highest BCUT2D eigenvalue weighted by Gasteiger charge is 2.16. The van der Waals surface area contributed by atoms with Gasteiger partial charge in [0, 0.05) is 5.69 Å². The summed E-state index contributed by atoms with van der Waals surface area (Å²) in [6.45, 7) is -0.285. The zero-order valence-corrected chi connectivity index (χ0v) is 18.8. The predicted molar refractivity (Wildman–Crippen MR) is 126 cm³/mol. The van der Waals surface area contributed by atoms with Crippen LogP contribution in [0.3, 0.4) is 0 Å². The molecule has 6 nitrogen and oxygen atoms in total. The fraction of sp³-hybridized carbons (Fsp3) is 0.0455. The van der Waals surface area contributed by atoms with E-state index in [-0.39, 0.29) is 28.2 Å². The molecule has 0 unspecified atom stereocenters. The number of benzene rings is 3. The minimum atomic E-state index is -1.07. The van der Waals surface area contributed by atoms with Crippen molar-refractivity contribution < 1.29 is 22.7 Å². The quantitative estimate of drug-likeness (QED) is 0.256. The molecule has 0 atom stereocenters. The highest BCUT2D eigenvalue weighted by atomic mass is 35.5. The number of thiocarbonyl (C=S) groups is 1. The number of halogens is 4. The Balaban J connectivity index is 1.41. The number of para-hydroxylation sites is 1. The molecule has 3 aromatic carbocycles. The molecule has 1 amide bonds. The van der Waals surface area contributed by atoms with Crippen LogP contribution in [0.15, 0.2) is 59.0 Å². The number of fused-ring (bicyclic) bond motifs is 1. The Morgan fingerprint density at radius 1 is 1.06 bits per heavy atom. The summed E-state index contributed by atoms with van der Waals surface area (Å²) in [6.07, 6.45) is 0. The van der Waals surface area contributed by atoms with E-state index in [1.165, 1.54) is 0 Å². The highest BCUT2D eigenvalue weighted by molar-refractivity contribution is 7.80. The maximum atomic E-state index is 13.6. The lowest BCUT2D eigenvalue weighted by atomic mass is 10.2. The van der Waals surface area contributed by atoms with Gasteiger partial charge in [-0.1, -0.05) is 35.3 Å². The van der Waals surface area contributed by atoms with E-state index in [1.54, 1.807) is 42.5 Å². The summed E-state index contributed by atoms with van der Waals surface area (Å²) >= 11 is 17.1. The zero-order chi connectivity index (χ0) is 23.5. The molecular weight excluding hydrogens is 495 g/mol. The fourth-order valence-corrected chi connectivity index (χ4v) is 3.49. The van der Waals surface area contributed by atoms with Gasteiger partial charge in [-0.3, -0.25) is 10.1 Å². The van der Waals surface area contributed by atoms with Crippen molar-refractivity contribution in [3.63, 3.8) is 0 Å². The largest absolute Gasteiger partial charge is 0.482 e. The number of oxazole rings is 1. The van der Waals surface area contributed by atoms with Crippen molar-refractivity contribution >= 4 is 63.2 Å². The van der Waals surface area contributed by atoms with Gasteiger partial charge in [0.1, 0.15) is 11.3 Å². The molecule has 168 valence electrons. The maximum absolute atomic E-state index is 13.6. The van der Waals surface area contributed by atoms with Crippen molar-refractivity contribution in [2.24, 2.45) is 0 Å². The van der Waals surface area contributed by atoms with Crippen LogP contribution in [0, 0.1) is 11.6 Å². The zero-order valence-electron chi connectivity index (χ0n) is 16.5. The number of aromatic nitrogens is 1. The summed E-state index contributed by atoms with van der Waals surface area (Å²) in [4.78, 5) is 16.4. The summed E-state index contributed by atoms with van der Waals surface area (Å²) in [7, 11) is 0. The Morgan fingerprint density at radius 3 is 2.61 bits per heavy atom. The van der Waals surface area contributed by atoms with Gasteiger partial charge in [0.2, 0.25) is 5.89 Å². The maximum Gasteiger partial charge on any atom is 0.264 e. The molecule has 4 aromatic rings. The molecule has 4 rings (SSSR count). The molecule has 0 spiro atoms.